The maximum atomic E-state index is 12.4. The molecule has 2 amide bonds. The van der Waals surface area contributed by atoms with Crippen LogP contribution < -0.4 is 5.32 Å². The Hall–Kier alpha value is -2.37. The van der Waals surface area contributed by atoms with Crippen LogP contribution in [0.15, 0.2) is 30.6 Å². The van der Waals surface area contributed by atoms with E-state index in [1.165, 1.54) is 0 Å². The maximum absolute atomic E-state index is 12.4. The van der Waals surface area contributed by atoms with E-state index in [4.69, 9.17) is 0 Å². The van der Waals surface area contributed by atoms with Crippen molar-refractivity contribution in [3.05, 3.63) is 36.3 Å². The monoisotopic (exact) mass is 286 g/mol. The maximum Gasteiger partial charge on any atom is 0.246 e. The highest BCUT2D eigenvalue weighted by Gasteiger charge is 2.44. The molecule has 2 aromatic heterocycles. The molecule has 3 heterocycles. The third-order valence-electron chi connectivity index (χ3n) is 3.95. The lowest BCUT2D eigenvalue weighted by atomic mass is 9.96. The van der Waals surface area contributed by atoms with Crippen LogP contribution in [0.2, 0.25) is 0 Å². The number of carbonyl (C=O) groups is 2. The summed E-state index contributed by atoms with van der Waals surface area (Å²) in [4.78, 5) is 30.6. The molecule has 21 heavy (non-hydrogen) atoms. The zero-order chi connectivity index (χ0) is 15.2. The average Bonchev–Trinajstić information content (AvgIpc) is 2.84. The number of hydrogen-bond donors (Lipinski definition) is 1. The third-order valence-corrected chi connectivity index (χ3v) is 3.95. The molecule has 6 nitrogen and oxygen atoms in total. The van der Waals surface area contributed by atoms with Crippen molar-refractivity contribution in [3.8, 4) is 0 Å². The number of carbonyl (C=O) groups excluding carboxylic acids is 2. The van der Waals surface area contributed by atoms with Crippen LogP contribution in [0.1, 0.15) is 26.5 Å². The fourth-order valence-electron chi connectivity index (χ4n) is 2.57. The first kappa shape index (κ1) is 13.6. The lowest BCUT2D eigenvalue weighted by molar-refractivity contribution is -0.155. The summed E-state index contributed by atoms with van der Waals surface area (Å²) in [5, 5.41) is 2.71. The van der Waals surface area contributed by atoms with Crippen LogP contribution in [0.5, 0.6) is 0 Å². The Morgan fingerprint density at radius 3 is 2.81 bits per heavy atom. The van der Waals surface area contributed by atoms with Crippen molar-refractivity contribution >= 4 is 17.5 Å². The van der Waals surface area contributed by atoms with Gasteiger partial charge in [-0.3, -0.25) is 9.59 Å². The minimum absolute atomic E-state index is 0.0864. The first-order chi connectivity index (χ1) is 9.89. The number of fused-ring (bicyclic) bond motifs is 1. The van der Waals surface area contributed by atoms with E-state index in [-0.39, 0.29) is 11.8 Å². The molecule has 1 fully saturated rings. The standard InChI is InChI=1S/C15H18N4O2/c1-10-13(20)19(15(2,3)14(21)16-10)9-11-8-18-7-5-4-6-12(18)17-11/h4-8,10H,9H2,1-3H3,(H,16,21). The predicted octanol–water partition coefficient (Wildman–Crippen LogP) is 0.960. The van der Waals surface area contributed by atoms with Gasteiger partial charge in [0.1, 0.15) is 17.2 Å². The topological polar surface area (TPSA) is 66.7 Å². The molecule has 1 aliphatic rings. The highest BCUT2D eigenvalue weighted by Crippen LogP contribution is 2.23. The van der Waals surface area contributed by atoms with Crippen LogP contribution in [-0.4, -0.2) is 37.7 Å². The van der Waals surface area contributed by atoms with Gasteiger partial charge in [-0.05, 0) is 32.9 Å². The normalized spacial score (nSPS) is 21.7. The summed E-state index contributed by atoms with van der Waals surface area (Å²) < 4.78 is 1.90. The van der Waals surface area contributed by atoms with E-state index < -0.39 is 11.6 Å². The van der Waals surface area contributed by atoms with Crippen molar-refractivity contribution in [2.75, 3.05) is 0 Å². The van der Waals surface area contributed by atoms with Gasteiger partial charge in [0, 0.05) is 12.4 Å². The summed E-state index contributed by atoms with van der Waals surface area (Å²) >= 11 is 0. The Morgan fingerprint density at radius 2 is 2.10 bits per heavy atom. The van der Waals surface area contributed by atoms with Gasteiger partial charge in [-0.15, -0.1) is 0 Å². The number of aromatic nitrogens is 2. The molecule has 0 radical (unpaired) electrons. The van der Waals surface area contributed by atoms with Gasteiger partial charge >= 0.3 is 0 Å². The molecule has 0 aromatic carbocycles. The van der Waals surface area contributed by atoms with E-state index in [0.29, 0.717) is 6.54 Å². The average molecular weight is 286 g/mol. The molecule has 0 aliphatic carbocycles. The molecule has 0 spiro atoms. The summed E-state index contributed by atoms with van der Waals surface area (Å²) in [5.74, 6) is -0.227. The SMILES string of the molecule is CC1NC(=O)C(C)(C)N(Cc2cn3ccccc3n2)C1=O. The number of piperazine rings is 1. The van der Waals surface area contributed by atoms with E-state index in [9.17, 15) is 9.59 Å². The third kappa shape index (κ3) is 2.16. The van der Waals surface area contributed by atoms with Gasteiger partial charge in [-0.25, -0.2) is 4.98 Å². The van der Waals surface area contributed by atoms with Crippen LogP contribution in [0, 0.1) is 0 Å². The first-order valence-corrected chi connectivity index (χ1v) is 6.94. The Bertz CT molecular complexity index is 686. The number of rotatable bonds is 2. The Balaban J connectivity index is 1.94. The zero-order valence-corrected chi connectivity index (χ0v) is 12.3. The number of hydrogen-bond acceptors (Lipinski definition) is 3. The van der Waals surface area contributed by atoms with Gasteiger partial charge < -0.3 is 14.6 Å². The Labute approximate surface area is 122 Å². The molecule has 6 heteroatoms. The van der Waals surface area contributed by atoms with E-state index in [1.807, 2.05) is 35.0 Å². The van der Waals surface area contributed by atoms with Crippen LogP contribution in [0.3, 0.4) is 0 Å². The molecule has 1 unspecified atom stereocenters. The molecule has 0 bridgehead atoms. The van der Waals surface area contributed by atoms with Gasteiger partial charge in [-0.2, -0.15) is 0 Å². The molecular formula is C15H18N4O2. The smallest absolute Gasteiger partial charge is 0.246 e. The molecule has 2 aromatic rings. The minimum atomic E-state index is -0.876. The Morgan fingerprint density at radius 1 is 1.33 bits per heavy atom. The van der Waals surface area contributed by atoms with Crippen molar-refractivity contribution in [3.63, 3.8) is 0 Å². The Kier molecular flexibility index (Phi) is 2.97. The molecule has 1 atom stereocenters. The summed E-state index contributed by atoms with van der Waals surface area (Å²) in [5.41, 5.74) is 0.719. The largest absolute Gasteiger partial charge is 0.343 e. The molecule has 3 rings (SSSR count). The van der Waals surface area contributed by atoms with Crippen LogP contribution >= 0.6 is 0 Å². The summed E-state index contributed by atoms with van der Waals surface area (Å²) in [6.45, 7) is 5.53. The second kappa shape index (κ2) is 4.58. The van der Waals surface area contributed by atoms with E-state index in [0.717, 1.165) is 11.3 Å². The van der Waals surface area contributed by atoms with Gasteiger partial charge in [0.2, 0.25) is 11.8 Å². The number of amides is 2. The van der Waals surface area contributed by atoms with E-state index >= 15 is 0 Å². The lowest BCUT2D eigenvalue weighted by Crippen LogP contribution is -2.67. The molecule has 1 aliphatic heterocycles. The molecule has 1 saturated heterocycles. The summed E-state index contributed by atoms with van der Waals surface area (Å²) in [6.07, 6.45) is 3.79. The molecular weight excluding hydrogens is 268 g/mol. The van der Waals surface area contributed by atoms with Crippen LogP contribution in [0.25, 0.3) is 5.65 Å². The molecule has 1 N–H and O–H groups in total. The van der Waals surface area contributed by atoms with Crippen molar-refractivity contribution in [2.24, 2.45) is 0 Å². The van der Waals surface area contributed by atoms with Gasteiger partial charge in [0.25, 0.3) is 0 Å². The first-order valence-electron chi connectivity index (χ1n) is 6.94. The van der Waals surface area contributed by atoms with Gasteiger partial charge in [0.05, 0.1) is 12.2 Å². The second-order valence-electron chi connectivity index (χ2n) is 5.88. The predicted molar refractivity (Wildman–Crippen MR) is 77.4 cm³/mol. The van der Waals surface area contributed by atoms with Gasteiger partial charge in [0.15, 0.2) is 0 Å². The highest BCUT2D eigenvalue weighted by atomic mass is 16.2. The van der Waals surface area contributed by atoms with Crippen molar-refractivity contribution < 1.29 is 9.59 Å². The summed E-state index contributed by atoms with van der Waals surface area (Å²) in [6, 6.07) is 5.24. The minimum Gasteiger partial charge on any atom is -0.343 e. The van der Waals surface area contributed by atoms with Crippen molar-refractivity contribution in [1.82, 2.24) is 19.6 Å². The number of imidazole rings is 1. The van der Waals surface area contributed by atoms with Gasteiger partial charge in [-0.1, -0.05) is 6.07 Å². The van der Waals surface area contributed by atoms with Crippen molar-refractivity contribution in [1.29, 1.82) is 0 Å². The second-order valence-corrected chi connectivity index (χ2v) is 5.88. The lowest BCUT2D eigenvalue weighted by Gasteiger charge is -2.43. The zero-order valence-electron chi connectivity index (χ0n) is 12.3. The van der Waals surface area contributed by atoms with Crippen molar-refractivity contribution in [2.45, 2.75) is 38.9 Å². The number of nitrogens with zero attached hydrogens (tertiary/aromatic N) is 3. The van der Waals surface area contributed by atoms with E-state index in [1.54, 1.807) is 25.7 Å². The fourth-order valence-corrected chi connectivity index (χ4v) is 2.57. The molecule has 110 valence electrons. The fraction of sp³-hybridized carbons (Fsp3) is 0.400. The quantitative estimate of drug-likeness (QED) is 0.894. The molecule has 0 saturated carbocycles. The van der Waals surface area contributed by atoms with Crippen LogP contribution in [-0.2, 0) is 16.1 Å². The van der Waals surface area contributed by atoms with Crippen LogP contribution in [0.4, 0.5) is 0 Å². The number of pyridine rings is 1. The van der Waals surface area contributed by atoms with E-state index in [2.05, 4.69) is 10.3 Å². The number of nitrogens with one attached hydrogen (secondary N) is 1. The summed E-state index contributed by atoms with van der Waals surface area (Å²) in [7, 11) is 0. The highest BCUT2D eigenvalue weighted by molar-refractivity contribution is 5.99.